The van der Waals surface area contributed by atoms with Crippen molar-refractivity contribution < 1.29 is 14.3 Å². The predicted molar refractivity (Wildman–Crippen MR) is 109 cm³/mol. The SMILES string of the molecule is CC[C@H](Oc1cc(C)cc(C)c1)C(=O)Nc1ccc(N2CCOCC2)cc1. The molecule has 0 unspecified atom stereocenters. The van der Waals surface area contributed by atoms with Gasteiger partial charge in [-0.25, -0.2) is 0 Å². The highest BCUT2D eigenvalue weighted by Crippen LogP contribution is 2.21. The topological polar surface area (TPSA) is 50.8 Å². The van der Waals surface area contributed by atoms with Gasteiger partial charge in [0, 0.05) is 24.5 Å². The summed E-state index contributed by atoms with van der Waals surface area (Å²) in [5, 5.41) is 2.97. The number of benzene rings is 2. The van der Waals surface area contributed by atoms with E-state index >= 15 is 0 Å². The van der Waals surface area contributed by atoms with E-state index in [4.69, 9.17) is 9.47 Å². The molecule has 1 fully saturated rings. The fourth-order valence-corrected chi connectivity index (χ4v) is 3.29. The van der Waals surface area contributed by atoms with E-state index in [0.717, 1.165) is 54.6 Å². The smallest absolute Gasteiger partial charge is 0.265 e. The van der Waals surface area contributed by atoms with Gasteiger partial charge in [0.25, 0.3) is 5.91 Å². The highest BCUT2D eigenvalue weighted by Gasteiger charge is 2.19. The summed E-state index contributed by atoms with van der Waals surface area (Å²) in [6.45, 7) is 9.31. The predicted octanol–water partition coefficient (Wildman–Crippen LogP) is 3.94. The zero-order valence-corrected chi connectivity index (χ0v) is 16.3. The zero-order valence-electron chi connectivity index (χ0n) is 16.3. The molecule has 3 rings (SSSR count). The van der Waals surface area contributed by atoms with Crippen molar-refractivity contribution in [1.82, 2.24) is 0 Å². The van der Waals surface area contributed by atoms with Crippen LogP contribution in [0.25, 0.3) is 0 Å². The van der Waals surface area contributed by atoms with Crippen molar-refractivity contribution in [3.05, 3.63) is 53.6 Å². The number of hydrogen-bond acceptors (Lipinski definition) is 4. The van der Waals surface area contributed by atoms with E-state index < -0.39 is 6.10 Å². The lowest BCUT2D eigenvalue weighted by Gasteiger charge is -2.29. The molecule has 1 heterocycles. The third-order valence-electron chi connectivity index (χ3n) is 4.65. The lowest BCUT2D eigenvalue weighted by Crippen LogP contribution is -2.36. The molecular weight excluding hydrogens is 340 g/mol. The molecule has 5 nitrogen and oxygen atoms in total. The molecule has 144 valence electrons. The number of amides is 1. The summed E-state index contributed by atoms with van der Waals surface area (Å²) in [6.07, 6.45) is 0.0788. The van der Waals surface area contributed by atoms with Gasteiger partial charge in [-0.2, -0.15) is 0 Å². The minimum Gasteiger partial charge on any atom is -0.481 e. The number of morpholine rings is 1. The summed E-state index contributed by atoms with van der Waals surface area (Å²) in [6, 6.07) is 13.9. The standard InChI is InChI=1S/C22H28N2O3/c1-4-21(27-20-14-16(2)13-17(3)15-20)22(25)23-18-5-7-19(8-6-18)24-9-11-26-12-10-24/h5-8,13-15,21H,4,9-12H2,1-3H3,(H,23,25)/t21-/m0/s1. The number of carbonyl (C=O) groups is 1. The third-order valence-corrected chi connectivity index (χ3v) is 4.65. The van der Waals surface area contributed by atoms with Crippen molar-refractivity contribution in [2.24, 2.45) is 0 Å². The van der Waals surface area contributed by atoms with E-state index in [9.17, 15) is 4.79 Å². The Balaban J connectivity index is 1.62. The molecule has 2 aromatic rings. The van der Waals surface area contributed by atoms with Gasteiger partial charge < -0.3 is 19.7 Å². The molecular formula is C22H28N2O3. The van der Waals surface area contributed by atoms with E-state index in [1.807, 2.05) is 57.2 Å². The molecule has 1 aliphatic rings. The number of anilines is 2. The van der Waals surface area contributed by atoms with Crippen LogP contribution in [-0.4, -0.2) is 38.3 Å². The second-order valence-electron chi connectivity index (χ2n) is 6.97. The summed E-state index contributed by atoms with van der Waals surface area (Å²) < 4.78 is 11.3. The second-order valence-corrected chi connectivity index (χ2v) is 6.97. The Hall–Kier alpha value is -2.53. The van der Waals surface area contributed by atoms with Crippen molar-refractivity contribution in [2.75, 3.05) is 36.5 Å². The average Bonchev–Trinajstić information content (AvgIpc) is 2.66. The maximum absolute atomic E-state index is 12.6. The Morgan fingerprint density at radius 1 is 1.11 bits per heavy atom. The summed E-state index contributed by atoms with van der Waals surface area (Å²) in [7, 11) is 0. The molecule has 1 atom stereocenters. The van der Waals surface area contributed by atoms with Crippen LogP contribution in [0.5, 0.6) is 5.75 Å². The van der Waals surface area contributed by atoms with Crippen LogP contribution in [0.3, 0.4) is 0 Å². The van der Waals surface area contributed by atoms with E-state index in [1.165, 1.54) is 0 Å². The maximum Gasteiger partial charge on any atom is 0.265 e. The summed E-state index contributed by atoms with van der Waals surface area (Å²) >= 11 is 0. The molecule has 1 N–H and O–H groups in total. The summed E-state index contributed by atoms with van der Waals surface area (Å²) in [5.74, 6) is 0.605. The van der Waals surface area contributed by atoms with E-state index in [-0.39, 0.29) is 5.91 Å². The molecule has 0 spiro atoms. The first-order valence-electron chi connectivity index (χ1n) is 9.53. The Kier molecular flexibility index (Phi) is 6.35. The number of aryl methyl sites for hydroxylation is 2. The molecule has 1 saturated heterocycles. The normalized spacial score (nSPS) is 15.3. The molecule has 27 heavy (non-hydrogen) atoms. The van der Waals surface area contributed by atoms with Gasteiger partial charge >= 0.3 is 0 Å². The Bertz CT molecular complexity index is 747. The highest BCUT2D eigenvalue weighted by atomic mass is 16.5. The van der Waals surface area contributed by atoms with Gasteiger partial charge in [0.1, 0.15) is 5.75 Å². The van der Waals surface area contributed by atoms with Crippen LogP contribution < -0.4 is 15.0 Å². The fourth-order valence-electron chi connectivity index (χ4n) is 3.29. The van der Waals surface area contributed by atoms with Gasteiger partial charge in [-0.05, 0) is 67.8 Å². The maximum atomic E-state index is 12.6. The first-order valence-corrected chi connectivity index (χ1v) is 9.53. The molecule has 2 aromatic carbocycles. The highest BCUT2D eigenvalue weighted by molar-refractivity contribution is 5.94. The molecule has 5 heteroatoms. The van der Waals surface area contributed by atoms with E-state index in [1.54, 1.807) is 0 Å². The van der Waals surface area contributed by atoms with Gasteiger partial charge in [0.05, 0.1) is 13.2 Å². The molecule has 0 radical (unpaired) electrons. The van der Waals surface area contributed by atoms with Crippen LogP contribution in [0, 0.1) is 13.8 Å². The van der Waals surface area contributed by atoms with Gasteiger partial charge in [0.2, 0.25) is 0 Å². The van der Waals surface area contributed by atoms with Gasteiger partial charge in [-0.3, -0.25) is 4.79 Å². The van der Waals surface area contributed by atoms with E-state index in [0.29, 0.717) is 6.42 Å². The molecule has 0 aromatic heterocycles. The average molecular weight is 368 g/mol. The van der Waals surface area contributed by atoms with Gasteiger partial charge in [-0.15, -0.1) is 0 Å². The van der Waals surface area contributed by atoms with E-state index in [2.05, 4.69) is 16.3 Å². The van der Waals surface area contributed by atoms with Crippen molar-refractivity contribution in [2.45, 2.75) is 33.3 Å². The minimum atomic E-state index is -0.523. The summed E-state index contributed by atoms with van der Waals surface area (Å²) in [5.41, 5.74) is 4.17. The molecule has 0 aliphatic carbocycles. The van der Waals surface area contributed by atoms with Gasteiger partial charge in [0.15, 0.2) is 6.10 Å². The minimum absolute atomic E-state index is 0.129. The third kappa shape index (κ3) is 5.23. The molecule has 0 bridgehead atoms. The number of carbonyl (C=O) groups excluding carboxylic acids is 1. The number of nitrogens with zero attached hydrogens (tertiary/aromatic N) is 1. The lowest BCUT2D eigenvalue weighted by atomic mass is 10.1. The van der Waals surface area contributed by atoms with Crippen LogP contribution in [0.15, 0.2) is 42.5 Å². The zero-order chi connectivity index (χ0) is 19.2. The summed E-state index contributed by atoms with van der Waals surface area (Å²) in [4.78, 5) is 14.9. The fraction of sp³-hybridized carbons (Fsp3) is 0.409. The largest absolute Gasteiger partial charge is 0.481 e. The number of rotatable bonds is 6. The molecule has 1 aliphatic heterocycles. The number of nitrogens with one attached hydrogen (secondary N) is 1. The molecule has 1 amide bonds. The number of hydrogen-bond donors (Lipinski definition) is 1. The van der Waals surface area contributed by atoms with Crippen LogP contribution in [0.2, 0.25) is 0 Å². The van der Waals surface area contributed by atoms with Crippen molar-refractivity contribution in [1.29, 1.82) is 0 Å². The monoisotopic (exact) mass is 368 g/mol. The first-order chi connectivity index (χ1) is 13.0. The van der Waals surface area contributed by atoms with Crippen LogP contribution in [0.4, 0.5) is 11.4 Å². The quantitative estimate of drug-likeness (QED) is 0.839. The van der Waals surface area contributed by atoms with Crippen molar-refractivity contribution in [3.8, 4) is 5.75 Å². The Morgan fingerprint density at radius 2 is 1.74 bits per heavy atom. The Morgan fingerprint density at radius 3 is 2.33 bits per heavy atom. The van der Waals surface area contributed by atoms with Crippen LogP contribution >= 0.6 is 0 Å². The molecule has 0 saturated carbocycles. The van der Waals surface area contributed by atoms with Crippen molar-refractivity contribution >= 4 is 17.3 Å². The Labute approximate surface area is 161 Å². The van der Waals surface area contributed by atoms with Crippen LogP contribution in [-0.2, 0) is 9.53 Å². The van der Waals surface area contributed by atoms with Gasteiger partial charge in [-0.1, -0.05) is 13.0 Å². The lowest BCUT2D eigenvalue weighted by molar-refractivity contribution is -0.122. The first kappa shape index (κ1) is 19.2. The van der Waals surface area contributed by atoms with Crippen LogP contribution in [0.1, 0.15) is 24.5 Å². The van der Waals surface area contributed by atoms with Crippen molar-refractivity contribution in [3.63, 3.8) is 0 Å². The number of ether oxygens (including phenoxy) is 2. The second kappa shape index (κ2) is 8.91.